The highest BCUT2D eigenvalue weighted by Crippen LogP contribution is 2.48. The summed E-state index contributed by atoms with van der Waals surface area (Å²) in [5.41, 5.74) is 1.35. The first kappa shape index (κ1) is 14.8. The Morgan fingerprint density at radius 2 is 1.89 bits per heavy atom. The van der Waals surface area contributed by atoms with Crippen LogP contribution in [0.2, 0.25) is 5.02 Å². The van der Waals surface area contributed by atoms with Crippen LogP contribution in [0.5, 0.6) is 0 Å². The molecule has 0 heterocycles. The van der Waals surface area contributed by atoms with Gasteiger partial charge >= 0.3 is 0 Å². The number of benzene rings is 1. The van der Waals surface area contributed by atoms with Crippen LogP contribution in [0.1, 0.15) is 38.7 Å². The molecule has 0 unspecified atom stereocenters. The molecule has 0 aromatic heterocycles. The minimum absolute atomic E-state index is 0.0586. The van der Waals surface area contributed by atoms with Gasteiger partial charge < -0.3 is 10.4 Å². The van der Waals surface area contributed by atoms with Gasteiger partial charge in [-0.05, 0) is 49.9 Å². The average Bonchev–Trinajstić information content (AvgIpc) is 2.33. The van der Waals surface area contributed by atoms with Gasteiger partial charge in [0, 0.05) is 16.5 Å². The van der Waals surface area contributed by atoms with E-state index in [0.29, 0.717) is 12.0 Å². The molecule has 3 heteroatoms. The zero-order valence-electron chi connectivity index (χ0n) is 12.0. The molecule has 106 valence electrons. The average molecular weight is 282 g/mol. The Bertz CT molecular complexity index is 409. The molecule has 0 spiro atoms. The topological polar surface area (TPSA) is 32.3 Å². The van der Waals surface area contributed by atoms with E-state index >= 15 is 0 Å². The van der Waals surface area contributed by atoms with E-state index in [1.807, 2.05) is 19.2 Å². The lowest BCUT2D eigenvalue weighted by molar-refractivity contribution is -0.00564. The van der Waals surface area contributed by atoms with Crippen LogP contribution >= 0.6 is 11.6 Å². The molecule has 1 atom stereocenters. The van der Waals surface area contributed by atoms with Crippen LogP contribution in [-0.2, 0) is 5.41 Å². The van der Waals surface area contributed by atoms with Gasteiger partial charge in [0.2, 0.25) is 0 Å². The lowest BCUT2D eigenvalue weighted by atomic mass is 9.57. The molecule has 0 saturated heterocycles. The van der Waals surface area contributed by atoms with Gasteiger partial charge in [0.05, 0.1) is 6.10 Å². The van der Waals surface area contributed by atoms with Crippen molar-refractivity contribution in [2.45, 2.75) is 50.7 Å². The van der Waals surface area contributed by atoms with Crippen LogP contribution in [0.25, 0.3) is 0 Å². The Hall–Kier alpha value is -0.570. The number of nitrogens with one attached hydrogen (secondary N) is 1. The second kappa shape index (κ2) is 5.82. The van der Waals surface area contributed by atoms with Gasteiger partial charge in [-0.2, -0.15) is 0 Å². The van der Waals surface area contributed by atoms with Crippen LogP contribution < -0.4 is 5.32 Å². The van der Waals surface area contributed by atoms with E-state index in [4.69, 9.17) is 11.6 Å². The SMILES string of the molecule is CN[C@H](CC(C)C)C1(c2ccc(Cl)cc2)CC(O)C1. The zero-order chi connectivity index (χ0) is 14.0. The van der Waals surface area contributed by atoms with Crippen molar-refractivity contribution in [1.29, 1.82) is 0 Å². The molecule has 2 N–H and O–H groups in total. The Labute approximate surface area is 121 Å². The maximum Gasteiger partial charge on any atom is 0.0558 e. The molecule has 1 saturated carbocycles. The van der Waals surface area contributed by atoms with Gasteiger partial charge in [-0.25, -0.2) is 0 Å². The van der Waals surface area contributed by atoms with E-state index in [-0.39, 0.29) is 11.5 Å². The first-order valence-electron chi connectivity index (χ1n) is 7.09. The molecule has 1 aromatic rings. The molecule has 1 aliphatic carbocycles. The van der Waals surface area contributed by atoms with Crippen molar-refractivity contribution in [3.63, 3.8) is 0 Å². The number of hydrogen-bond acceptors (Lipinski definition) is 2. The molecule has 1 aromatic carbocycles. The fraction of sp³-hybridized carbons (Fsp3) is 0.625. The number of hydrogen-bond donors (Lipinski definition) is 2. The quantitative estimate of drug-likeness (QED) is 0.867. The van der Waals surface area contributed by atoms with Gasteiger partial charge in [0.25, 0.3) is 0 Å². The van der Waals surface area contributed by atoms with Crippen molar-refractivity contribution >= 4 is 11.6 Å². The molecular formula is C16H24ClNO. The first-order chi connectivity index (χ1) is 8.98. The largest absolute Gasteiger partial charge is 0.393 e. The molecule has 2 rings (SSSR count). The summed E-state index contributed by atoms with van der Waals surface area (Å²) in [7, 11) is 2.02. The minimum Gasteiger partial charge on any atom is -0.393 e. The van der Waals surface area contributed by atoms with Crippen molar-refractivity contribution in [2.75, 3.05) is 7.05 Å². The monoisotopic (exact) mass is 281 g/mol. The highest BCUT2D eigenvalue weighted by molar-refractivity contribution is 6.30. The lowest BCUT2D eigenvalue weighted by Crippen LogP contribution is -2.57. The van der Waals surface area contributed by atoms with E-state index < -0.39 is 0 Å². The van der Waals surface area contributed by atoms with Crippen molar-refractivity contribution in [3.8, 4) is 0 Å². The highest BCUT2D eigenvalue weighted by Gasteiger charge is 2.49. The standard InChI is InChI=1S/C16H24ClNO/c1-11(2)8-15(18-3)16(9-14(19)10-16)12-4-6-13(17)7-5-12/h4-7,11,14-15,18-19H,8-10H2,1-3H3/t14?,15-,16?/m1/s1. The van der Waals surface area contributed by atoms with Gasteiger partial charge in [-0.1, -0.05) is 37.6 Å². The van der Waals surface area contributed by atoms with Gasteiger partial charge in [0.1, 0.15) is 0 Å². The number of likely N-dealkylation sites (N-methyl/N-ethyl adjacent to an activating group) is 1. The summed E-state index contributed by atoms with van der Waals surface area (Å²) >= 11 is 5.98. The third-order valence-corrected chi connectivity index (χ3v) is 4.59. The highest BCUT2D eigenvalue weighted by atomic mass is 35.5. The van der Waals surface area contributed by atoms with E-state index in [0.717, 1.165) is 24.3 Å². The summed E-state index contributed by atoms with van der Waals surface area (Å²) in [5, 5.41) is 14.1. The molecule has 0 bridgehead atoms. The molecule has 0 radical (unpaired) electrons. The summed E-state index contributed by atoms with van der Waals surface area (Å²) in [6, 6.07) is 8.52. The molecule has 19 heavy (non-hydrogen) atoms. The Kier molecular flexibility index (Phi) is 4.54. The second-order valence-electron chi connectivity index (χ2n) is 6.20. The smallest absolute Gasteiger partial charge is 0.0558 e. The van der Waals surface area contributed by atoms with Crippen molar-refractivity contribution in [1.82, 2.24) is 5.32 Å². The van der Waals surface area contributed by atoms with Gasteiger partial charge in [-0.3, -0.25) is 0 Å². The zero-order valence-corrected chi connectivity index (χ0v) is 12.7. The van der Waals surface area contributed by atoms with Crippen molar-refractivity contribution in [3.05, 3.63) is 34.9 Å². The maximum atomic E-state index is 9.82. The third-order valence-electron chi connectivity index (χ3n) is 4.34. The molecule has 2 nitrogen and oxygen atoms in total. The third kappa shape index (κ3) is 2.96. The molecule has 1 fully saturated rings. The van der Waals surface area contributed by atoms with Gasteiger partial charge in [0.15, 0.2) is 0 Å². The molecule has 1 aliphatic rings. The molecule has 0 aliphatic heterocycles. The number of halogens is 1. The van der Waals surface area contributed by atoms with E-state index in [1.54, 1.807) is 0 Å². The first-order valence-corrected chi connectivity index (χ1v) is 7.47. The van der Waals surface area contributed by atoms with E-state index in [2.05, 4.69) is 31.3 Å². The van der Waals surface area contributed by atoms with Crippen molar-refractivity contribution < 1.29 is 5.11 Å². The summed E-state index contributed by atoms with van der Waals surface area (Å²) in [5.74, 6) is 0.638. The molecular weight excluding hydrogens is 258 g/mol. The van der Waals surface area contributed by atoms with Crippen molar-refractivity contribution in [2.24, 2.45) is 5.92 Å². The van der Waals surface area contributed by atoms with E-state index in [9.17, 15) is 5.11 Å². The maximum absolute atomic E-state index is 9.82. The van der Waals surface area contributed by atoms with Crippen LogP contribution in [0.15, 0.2) is 24.3 Å². The Balaban J connectivity index is 2.29. The minimum atomic E-state index is -0.168. The number of aliphatic hydroxyl groups excluding tert-OH is 1. The Morgan fingerprint density at radius 3 is 2.32 bits per heavy atom. The predicted molar refractivity (Wildman–Crippen MR) is 80.7 cm³/mol. The normalized spacial score (nSPS) is 28.2. The van der Waals surface area contributed by atoms with Crippen LogP contribution in [0.4, 0.5) is 0 Å². The van der Waals surface area contributed by atoms with Crippen LogP contribution in [0, 0.1) is 5.92 Å². The lowest BCUT2D eigenvalue weighted by Gasteiger charge is -2.51. The second-order valence-corrected chi connectivity index (χ2v) is 6.63. The fourth-order valence-corrected chi connectivity index (χ4v) is 3.50. The van der Waals surface area contributed by atoms with Crippen LogP contribution in [-0.4, -0.2) is 24.3 Å². The summed E-state index contributed by atoms with van der Waals surface area (Å²) in [4.78, 5) is 0. The number of aliphatic hydroxyl groups is 1. The summed E-state index contributed by atoms with van der Waals surface area (Å²) in [6.45, 7) is 4.49. The molecule has 0 amide bonds. The van der Waals surface area contributed by atoms with Gasteiger partial charge in [-0.15, -0.1) is 0 Å². The predicted octanol–water partition coefficient (Wildman–Crippen LogP) is 3.37. The van der Waals surface area contributed by atoms with Crippen LogP contribution in [0.3, 0.4) is 0 Å². The fourth-order valence-electron chi connectivity index (χ4n) is 3.38. The number of rotatable bonds is 5. The summed E-state index contributed by atoms with van der Waals surface area (Å²) < 4.78 is 0. The van der Waals surface area contributed by atoms with E-state index in [1.165, 1.54) is 5.56 Å². The Morgan fingerprint density at radius 1 is 1.32 bits per heavy atom. The summed E-state index contributed by atoms with van der Waals surface area (Å²) in [6.07, 6.45) is 2.63.